The maximum absolute atomic E-state index is 16.4. The zero-order valence-corrected chi connectivity index (χ0v) is 62.7. The number of alkyl halides is 10. The van der Waals surface area contributed by atoms with Gasteiger partial charge in [-0.1, -0.05) is 54.4 Å². The Kier molecular flexibility index (Phi) is 21.8. The summed E-state index contributed by atoms with van der Waals surface area (Å²) in [4.78, 5) is 116. The Bertz CT molecular complexity index is 4370. The second-order valence-electron chi connectivity index (χ2n) is 34.3. The van der Waals surface area contributed by atoms with Crippen molar-refractivity contribution in [2.24, 2.45) is 69.5 Å². The number of carbonyl (C=O) groups excluding carboxylic acids is 6. The molecule has 6 aliphatic carbocycles. The van der Waals surface area contributed by atoms with Gasteiger partial charge in [-0.25, -0.2) is 41.9 Å². The minimum atomic E-state index is -4.30. The topological polar surface area (TPSA) is 299 Å². The number of carboxylic acid groups (broad SMARTS) is 1. The van der Waals surface area contributed by atoms with Crippen LogP contribution in [-0.2, 0) is 64.9 Å². The summed E-state index contributed by atoms with van der Waals surface area (Å²) in [5.41, 5.74) is -5.69. The number of halogens is 10. The van der Waals surface area contributed by atoms with E-state index in [1.54, 1.807) is 41.5 Å². The highest BCUT2D eigenvalue weighted by Crippen LogP contribution is 2.61. The van der Waals surface area contributed by atoms with Gasteiger partial charge in [0.1, 0.15) is 42.0 Å². The summed E-state index contributed by atoms with van der Waals surface area (Å²) in [7, 11) is -4.30. The largest absolute Gasteiger partial charge is 0.480 e. The Morgan fingerprint density at radius 2 is 1.03 bits per heavy atom. The summed E-state index contributed by atoms with van der Waals surface area (Å²) in [5, 5.41) is 10.1. The van der Waals surface area contributed by atoms with Crippen molar-refractivity contribution in [3.63, 3.8) is 0 Å². The molecule has 4 bridgehead atoms. The van der Waals surface area contributed by atoms with E-state index in [0.29, 0.717) is 56.3 Å². The van der Waals surface area contributed by atoms with Gasteiger partial charge in [0.2, 0.25) is 45.9 Å². The van der Waals surface area contributed by atoms with Gasteiger partial charge in [-0.2, -0.15) is 35.1 Å². The number of sulfonamides is 1. The molecule has 10 aliphatic rings. The number of fused-ring (bicyclic) bond motifs is 14. The molecular formula is C76H91F10N7O16S. The first-order valence-corrected chi connectivity index (χ1v) is 39.2. The van der Waals surface area contributed by atoms with E-state index >= 15 is 17.6 Å². The molecule has 6 heterocycles. The third-order valence-electron chi connectivity index (χ3n) is 24.5. The summed E-state index contributed by atoms with van der Waals surface area (Å²) < 4.78 is 205. The number of amides is 3. The predicted octanol–water partition coefficient (Wildman–Crippen LogP) is 13.0. The number of benzene rings is 2. The summed E-state index contributed by atoms with van der Waals surface area (Å²) in [5.74, 6) is -17.3. The number of rotatable bonds is 12. The van der Waals surface area contributed by atoms with Crippen LogP contribution in [-0.4, -0.2) is 159 Å². The molecule has 23 nitrogen and oxygen atoms in total. The average molecular weight is 1580 g/mol. The third-order valence-corrected chi connectivity index (χ3v) is 26.7. The second kappa shape index (κ2) is 29.9. The van der Waals surface area contributed by atoms with Gasteiger partial charge in [-0.3, -0.25) is 33.5 Å². The molecule has 0 radical (unpaired) electrons. The molecule has 4 aromatic rings. The lowest BCUT2D eigenvalue weighted by Crippen LogP contribution is -2.49. The molecular weight excluding hydrogens is 1490 g/mol. The van der Waals surface area contributed by atoms with E-state index < -0.39 is 214 Å². The molecule has 602 valence electrons. The van der Waals surface area contributed by atoms with E-state index in [1.807, 2.05) is 4.72 Å². The highest BCUT2D eigenvalue weighted by Gasteiger charge is 2.67. The molecule has 2 aromatic heterocycles. The van der Waals surface area contributed by atoms with Gasteiger partial charge < -0.3 is 43.3 Å². The van der Waals surface area contributed by atoms with Gasteiger partial charge in [0, 0.05) is 50.2 Å². The van der Waals surface area contributed by atoms with Crippen LogP contribution in [0.2, 0.25) is 0 Å². The van der Waals surface area contributed by atoms with Crippen LogP contribution in [0.3, 0.4) is 0 Å². The first kappa shape index (κ1) is 80.1. The van der Waals surface area contributed by atoms with Crippen molar-refractivity contribution >= 4 is 73.5 Å². The van der Waals surface area contributed by atoms with E-state index in [0.717, 1.165) is 40.8 Å². The first-order chi connectivity index (χ1) is 51.5. The van der Waals surface area contributed by atoms with E-state index in [-0.39, 0.29) is 109 Å². The molecule has 14 rings (SSSR count). The van der Waals surface area contributed by atoms with Crippen LogP contribution >= 0.6 is 0 Å². The van der Waals surface area contributed by atoms with Gasteiger partial charge >= 0.3 is 31.1 Å². The lowest BCUT2D eigenvalue weighted by atomic mass is 9.77. The molecule has 3 amide bonds. The number of hydrogen-bond donors (Lipinski definition) is 2. The Hall–Kier alpha value is -7.94. The predicted molar refractivity (Wildman–Crippen MR) is 369 cm³/mol. The number of nitrogens with zero attached hydrogens (tertiary/aromatic N) is 6. The lowest BCUT2D eigenvalue weighted by Gasteiger charge is -2.35. The number of aromatic nitrogens is 4. The SMILES string of the molecule is CC(C)(C)[C@@H]1CC(=O)O[C@@H]2C[C@@H]3C[C@@H]3[C@H]2CCCCC(F)(F)c2nc3ccc(OC(F)F)cc3nc2O[C@@H]2C[C@@H](C(=O)C[C@]3(C(=O)NS(=O)(=O)C4(C)CC4)C[C@H]3C(F)F)N(C2)C1=O.CC(C)(C)[C@@H]1CC(=O)O[C@@H]2C[C@@H]3C[C@@H]3[C@H]2CCCCC(F)(F)c2nc3ccc(OC(F)F)cc3nc2O[C@@H]2C[C@@H](C(=O)O)N(C2)C1=O. The van der Waals surface area contributed by atoms with Gasteiger partial charge in [0.15, 0.2) is 17.2 Å². The van der Waals surface area contributed by atoms with E-state index in [9.17, 15) is 73.4 Å². The number of ether oxygens (including phenoxy) is 6. The summed E-state index contributed by atoms with van der Waals surface area (Å²) in [6.07, 6.45) is -4.30. The Morgan fingerprint density at radius 1 is 0.591 bits per heavy atom. The van der Waals surface area contributed by atoms with Crippen LogP contribution < -0.4 is 23.7 Å². The van der Waals surface area contributed by atoms with Gasteiger partial charge in [0.25, 0.3) is 11.8 Å². The first-order valence-electron chi connectivity index (χ1n) is 37.8. The Morgan fingerprint density at radius 3 is 1.43 bits per heavy atom. The number of aliphatic carboxylic acids is 1. The highest BCUT2D eigenvalue weighted by atomic mass is 32.2. The van der Waals surface area contributed by atoms with Crippen LogP contribution in [0, 0.1) is 69.5 Å². The number of esters is 2. The number of carbonyl (C=O) groups is 7. The molecule has 6 saturated carbocycles. The highest BCUT2D eigenvalue weighted by molar-refractivity contribution is 7.91. The van der Waals surface area contributed by atoms with Crippen LogP contribution in [0.5, 0.6) is 23.3 Å². The fourth-order valence-electron chi connectivity index (χ4n) is 17.7. The van der Waals surface area contributed by atoms with Crippen molar-refractivity contribution in [1.29, 1.82) is 0 Å². The molecule has 0 unspecified atom stereocenters. The molecule has 2 N–H and O–H groups in total. The minimum Gasteiger partial charge on any atom is -0.480 e. The van der Waals surface area contributed by atoms with Crippen molar-refractivity contribution in [2.45, 2.75) is 250 Å². The van der Waals surface area contributed by atoms with E-state index in [2.05, 4.69) is 29.4 Å². The van der Waals surface area contributed by atoms with Crippen molar-refractivity contribution in [1.82, 2.24) is 34.5 Å². The second-order valence-corrected chi connectivity index (χ2v) is 36.5. The quantitative estimate of drug-likeness (QED) is 0.0983. The number of ketones is 1. The maximum atomic E-state index is 16.4. The van der Waals surface area contributed by atoms with Crippen LogP contribution in [0.15, 0.2) is 36.4 Å². The van der Waals surface area contributed by atoms with Gasteiger partial charge in [-0.15, -0.1) is 0 Å². The minimum absolute atomic E-state index is 0.00540. The molecule has 4 aliphatic heterocycles. The maximum Gasteiger partial charge on any atom is 0.387 e. The number of nitrogens with one attached hydrogen (secondary N) is 1. The zero-order valence-electron chi connectivity index (χ0n) is 61.9. The molecule has 2 aromatic carbocycles. The molecule has 2 saturated heterocycles. The smallest absolute Gasteiger partial charge is 0.387 e. The zero-order chi connectivity index (χ0) is 79.4. The van der Waals surface area contributed by atoms with Crippen LogP contribution in [0.1, 0.15) is 188 Å². The monoisotopic (exact) mass is 1580 g/mol. The summed E-state index contributed by atoms with van der Waals surface area (Å²) in [6.45, 7) is 4.84. The van der Waals surface area contributed by atoms with Crippen molar-refractivity contribution in [2.75, 3.05) is 13.1 Å². The summed E-state index contributed by atoms with van der Waals surface area (Å²) >= 11 is 0. The van der Waals surface area contributed by atoms with Crippen molar-refractivity contribution in [3.8, 4) is 23.3 Å². The molecule has 34 heteroatoms. The average Bonchev–Trinajstić information content (AvgIpc) is 1.55. The number of hydrogen-bond acceptors (Lipinski definition) is 19. The third kappa shape index (κ3) is 16.9. The van der Waals surface area contributed by atoms with Gasteiger partial charge in [-0.05, 0) is 148 Å². The fourth-order valence-corrected chi connectivity index (χ4v) is 19.0. The lowest BCUT2D eigenvalue weighted by molar-refractivity contribution is -0.159. The van der Waals surface area contributed by atoms with Crippen molar-refractivity contribution in [3.05, 3.63) is 47.8 Å². The number of Topliss-reactive ketones (excluding diaryl/α,β-unsaturated/α-hetero) is 1. The van der Waals surface area contributed by atoms with Gasteiger partial charge in [0.05, 0.1) is 76.0 Å². The Labute approximate surface area is 628 Å². The molecule has 110 heavy (non-hydrogen) atoms. The standard InChI is InChI=1S/C43H52F6N4O9S.C33H39F4N3O7/c1-40(2,3)26-17-33(55)62-32-14-21-13-25(21)24(32)7-5-6-10-43(48,49)34-36(51-29-15-22(61-39(46)47)8-9-28(29)50-34)60-23-16-30(53(20-23)37(26)56)31(54)19-42(18-27(42)35(44)45)38(57)52-63(58,59)41(4)11-12-41;1-32(2,3)21-14-26(41)47-25-11-16-10-20(16)19(25)6-4-5-9-33(36,37)27-28(45-18-13-24(30(43)44)40(15-18)29(21)42)39-23-12-17(46-31(34)35)7-8-22(23)38-27/h8-9,15,21,23-27,30,32,35,39H,5-7,10-14,16-20H2,1-4H3,(H,52,57);7-8,12,16,18-21,24-25,31H,4-6,9-11,13-15H2,1-3H3,(H,43,44)/t21-,23+,24+,25-,26+,27-,30-,32+,42+;16-,18+,19+,20-,21+,24-,25+/m00/s1. The van der Waals surface area contributed by atoms with E-state index in [4.69, 9.17) is 18.9 Å². The normalized spacial score (nSPS) is 32.1. The van der Waals surface area contributed by atoms with Crippen LogP contribution in [0.4, 0.5) is 43.9 Å². The van der Waals surface area contributed by atoms with Crippen molar-refractivity contribution < 1.29 is 119 Å². The molecule has 8 fully saturated rings. The molecule has 16 atom stereocenters. The van der Waals surface area contributed by atoms with E-state index in [1.165, 1.54) is 25.1 Å². The van der Waals surface area contributed by atoms with Crippen LogP contribution in [0.25, 0.3) is 22.1 Å². The fraction of sp³-hybridized carbons (Fsp3) is 0.697. The Balaban J connectivity index is 0.000000202. The molecule has 0 spiro atoms. The number of carboxylic acids is 1. The summed E-state index contributed by atoms with van der Waals surface area (Å²) in [6, 6.07) is 4.07.